The molecule has 3 saturated carbocycles. The number of carbonyl (C=O) groups excluding carboxylic acids is 2. The Morgan fingerprint density at radius 1 is 0.950 bits per heavy atom. The molecular formula is C31H52N4O5. The van der Waals surface area contributed by atoms with Crippen molar-refractivity contribution in [3.8, 4) is 0 Å². The van der Waals surface area contributed by atoms with Crippen LogP contribution in [0.15, 0.2) is 0 Å². The van der Waals surface area contributed by atoms with Gasteiger partial charge in [-0.1, -0.05) is 6.42 Å². The number of hydrogen-bond acceptors (Lipinski definition) is 6. The lowest BCUT2D eigenvalue weighted by atomic mass is 9.57. The highest BCUT2D eigenvalue weighted by Gasteiger charge is 2.64. The van der Waals surface area contributed by atoms with Crippen LogP contribution in [0.5, 0.6) is 0 Å². The Morgan fingerprint density at radius 3 is 2.23 bits per heavy atom. The monoisotopic (exact) mass is 560 g/mol. The molecule has 5 unspecified atom stereocenters. The van der Waals surface area contributed by atoms with Gasteiger partial charge in [-0.15, -0.1) is 0 Å². The summed E-state index contributed by atoms with van der Waals surface area (Å²) < 4.78 is 11.3. The smallest absolute Gasteiger partial charge is 0.317 e. The van der Waals surface area contributed by atoms with Crippen LogP contribution in [0.3, 0.4) is 0 Å². The molecule has 9 nitrogen and oxygen atoms in total. The fraction of sp³-hybridized carbons (Fsp3) is 0.935. The van der Waals surface area contributed by atoms with E-state index in [2.05, 4.69) is 22.2 Å². The first-order chi connectivity index (χ1) is 19.4. The van der Waals surface area contributed by atoms with Gasteiger partial charge in [-0.3, -0.25) is 9.69 Å². The van der Waals surface area contributed by atoms with E-state index in [1.54, 1.807) is 7.11 Å². The molecule has 0 aromatic heterocycles. The second-order valence-electron chi connectivity index (χ2n) is 13.9. The molecule has 2 N–H and O–H groups in total. The maximum absolute atomic E-state index is 13.8. The number of aliphatic hydroxyl groups is 1. The molecule has 6 atom stereocenters. The maximum atomic E-state index is 13.8. The number of aliphatic hydroxyl groups excluding tert-OH is 1. The van der Waals surface area contributed by atoms with E-state index < -0.39 is 0 Å². The Morgan fingerprint density at radius 2 is 1.62 bits per heavy atom. The van der Waals surface area contributed by atoms with Crippen LogP contribution in [0.25, 0.3) is 0 Å². The van der Waals surface area contributed by atoms with Gasteiger partial charge in [0.05, 0.1) is 24.9 Å². The van der Waals surface area contributed by atoms with Crippen molar-refractivity contribution in [1.29, 1.82) is 0 Å². The summed E-state index contributed by atoms with van der Waals surface area (Å²) in [7, 11) is 5.84. The van der Waals surface area contributed by atoms with Crippen molar-refractivity contribution in [3.05, 3.63) is 0 Å². The second kappa shape index (κ2) is 11.7. The zero-order chi connectivity index (χ0) is 28.0. The Labute approximate surface area is 240 Å². The summed E-state index contributed by atoms with van der Waals surface area (Å²) in [6, 6.07) is 0.728. The lowest BCUT2D eigenvalue weighted by Gasteiger charge is -2.58. The summed E-state index contributed by atoms with van der Waals surface area (Å²) in [4.78, 5) is 33.8. The SMILES string of the molecule is COC1CCC(NC(=O)N2CCC3(CC2)CN(C(=O)C2CCC2)[C@H](CO)C2C3C3CCC(OC)CC3N2C)CC1. The summed E-state index contributed by atoms with van der Waals surface area (Å²) in [5, 5.41) is 14.1. The van der Waals surface area contributed by atoms with Crippen LogP contribution < -0.4 is 5.32 Å². The minimum absolute atomic E-state index is 0.0172. The Bertz CT molecular complexity index is 913. The number of amides is 3. The Hall–Kier alpha value is -1.42. The molecule has 0 radical (unpaired) electrons. The number of likely N-dealkylation sites (tertiary alicyclic amines) is 3. The van der Waals surface area contributed by atoms with Gasteiger partial charge in [0.1, 0.15) is 0 Å². The Kier molecular flexibility index (Phi) is 8.39. The number of nitrogens with zero attached hydrogens (tertiary/aromatic N) is 3. The zero-order valence-corrected chi connectivity index (χ0v) is 24.9. The molecule has 0 aromatic carbocycles. The molecule has 226 valence electrons. The molecule has 3 amide bonds. The molecule has 6 rings (SSSR count). The van der Waals surface area contributed by atoms with Crippen molar-refractivity contribution in [2.75, 3.05) is 47.5 Å². The molecule has 0 bridgehead atoms. The van der Waals surface area contributed by atoms with Gasteiger partial charge >= 0.3 is 6.03 Å². The van der Waals surface area contributed by atoms with Crippen molar-refractivity contribution in [3.63, 3.8) is 0 Å². The third kappa shape index (κ3) is 4.96. The van der Waals surface area contributed by atoms with Crippen LogP contribution in [0.2, 0.25) is 0 Å². The summed E-state index contributed by atoms with van der Waals surface area (Å²) >= 11 is 0. The number of carbonyl (C=O) groups is 2. The first kappa shape index (κ1) is 28.7. The van der Waals surface area contributed by atoms with Gasteiger partial charge in [0.2, 0.25) is 5.91 Å². The first-order valence-electron chi connectivity index (χ1n) is 16.1. The number of hydrogen-bond donors (Lipinski definition) is 2. The zero-order valence-electron chi connectivity index (χ0n) is 24.9. The van der Waals surface area contributed by atoms with Crippen molar-refractivity contribution in [2.24, 2.45) is 23.2 Å². The van der Waals surface area contributed by atoms with Gasteiger partial charge in [-0.05, 0) is 94.9 Å². The molecule has 3 aliphatic heterocycles. The van der Waals surface area contributed by atoms with Gasteiger partial charge in [0.25, 0.3) is 0 Å². The van der Waals surface area contributed by atoms with Crippen LogP contribution in [-0.4, -0.2) is 116 Å². The van der Waals surface area contributed by atoms with E-state index in [4.69, 9.17) is 9.47 Å². The van der Waals surface area contributed by atoms with Crippen LogP contribution in [0.4, 0.5) is 4.79 Å². The van der Waals surface area contributed by atoms with E-state index in [0.29, 0.717) is 24.0 Å². The standard InChI is InChI=1S/C31H52N4O5/c1-33-25-17-23(40-3)11-12-24(25)27-28(33)26(18-36)35(29(37)20-5-4-6-20)19-31(27)13-15-34(16-14-31)30(38)32-21-7-9-22(39-2)10-8-21/h20-28,36H,4-19H2,1-3H3,(H,32,38)/t21?,22?,23?,24?,25?,26-,27?,28?/m1/s1. The van der Waals surface area contributed by atoms with E-state index >= 15 is 0 Å². The van der Waals surface area contributed by atoms with E-state index in [1.165, 1.54) is 0 Å². The van der Waals surface area contributed by atoms with Crippen LogP contribution in [0.1, 0.15) is 77.0 Å². The summed E-state index contributed by atoms with van der Waals surface area (Å²) in [5.41, 5.74) is -0.0172. The first-order valence-corrected chi connectivity index (χ1v) is 16.1. The minimum atomic E-state index is -0.149. The number of urea groups is 1. The number of fused-ring (bicyclic) bond motifs is 4. The minimum Gasteiger partial charge on any atom is -0.394 e. The van der Waals surface area contributed by atoms with Crippen molar-refractivity contribution in [1.82, 2.24) is 20.0 Å². The quantitative estimate of drug-likeness (QED) is 0.537. The topological polar surface area (TPSA) is 94.6 Å². The lowest BCUT2D eigenvalue weighted by molar-refractivity contribution is -0.158. The maximum Gasteiger partial charge on any atom is 0.317 e. The summed E-state index contributed by atoms with van der Waals surface area (Å²) in [5.74, 6) is 1.35. The van der Waals surface area contributed by atoms with E-state index in [-0.39, 0.29) is 54.1 Å². The molecule has 3 saturated heterocycles. The molecule has 6 fully saturated rings. The molecule has 6 aliphatic rings. The fourth-order valence-corrected chi connectivity index (χ4v) is 9.73. The number of nitrogens with one attached hydrogen (secondary N) is 1. The van der Waals surface area contributed by atoms with Crippen molar-refractivity contribution in [2.45, 2.75) is 113 Å². The van der Waals surface area contributed by atoms with Gasteiger partial charge in [-0.2, -0.15) is 0 Å². The number of ether oxygens (including phenoxy) is 2. The molecule has 3 heterocycles. The molecule has 40 heavy (non-hydrogen) atoms. The molecule has 0 aromatic rings. The number of piperidine rings is 2. The van der Waals surface area contributed by atoms with E-state index in [1.807, 2.05) is 12.0 Å². The Balaban J connectivity index is 1.21. The van der Waals surface area contributed by atoms with E-state index in [0.717, 1.165) is 96.7 Å². The van der Waals surface area contributed by atoms with Gasteiger partial charge in [0.15, 0.2) is 0 Å². The highest BCUT2D eigenvalue weighted by molar-refractivity contribution is 5.80. The number of rotatable bonds is 5. The van der Waals surface area contributed by atoms with Crippen molar-refractivity contribution >= 4 is 11.9 Å². The molecule has 1 spiro atoms. The van der Waals surface area contributed by atoms with Gasteiger partial charge in [-0.25, -0.2) is 4.79 Å². The third-order valence-corrected chi connectivity index (χ3v) is 12.3. The predicted octanol–water partition coefficient (Wildman–Crippen LogP) is 2.85. The molecule has 3 aliphatic carbocycles. The third-order valence-electron chi connectivity index (χ3n) is 12.3. The average Bonchev–Trinajstić information content (AvgIpc) is 3.25. The average molecular weight is 561 g/mol. The fourth-order valence-electron chi connectivity index (χ4n) is 9.73. The number of methoxy groups -OCH3 is 2. The van der Waals surface area contributed by atoms with E-state index in [9.17, 15) is 14.7 Å². The summed E-state index contributed by atoms with van der Waals surface area (Å²) in [6.07, 6.45) is 12.7. The molecular weight excluding hydrogens is 508 g/mol. The normalized spacial score (nSPS) is 39.9. The van der Waals surface area contributed by atoms with Gasteiger partial charge in [0, 0.05) is 57.9 Å². The van der Waals surface area contributed by atoms with Gasteiger partial charge < -0.3 is 29.7 Å². The van der Waals surface area contributed by atoms with Crippen LogP contribution >= 0.6 is 0 Å². The number of likely N-dealkylation sites (N-methyl/N-ethyl adjacent to an activating group) is 1. The highest BCUT2D eigenvalue weighted by atomic mass is 16.5. The second-order valence-corrected chi connectivity index (χ2v) is 13.9. The van der Waals surface area contributed by atoms with Crippen LogP contribution in [-0.2, 0) is 14.3 Å². The molecule has 9 heteroatoms. The van der Waals surface area contributed by atoms with Crippen LogP contribution in [0, 0.1) is 23.2 Å². The highest BCUT2D eigenvalue weighted by Crippen LogP contribution is 2.58. The largest absolute Gasteiger partial charge is 0.394 e. The predicted molar refractivity (Wildman–Crippen MR) is 152 cm³/mol. The lowest BCUT2D eigenvalue weighted by Crippen LogP contribution is -2.68. The summed E-state index contributed by atoms with van der Waals surface area (Å²) in [6.45, 7) is 2.22. The van der Waals surface area contributed by atoms with Crippen molar-refractivity contribution < 1.29 is 24.2 Å².